The van der Waals surface area contributed by atoms with Crippen LogP contribution in [-0.4, -0.2) is 55.5 Å². The molecule has 1 saturated heterocycles. The fourth-order valence-electron chi connectivity index (χ4n) is 2.33. The molecule has 1 aliphatic heterocycles. The van der Waals surface area contributed by atoms with Gasteiger partial charge in [0.1, 0.15) is 0 Å². The summed E-state index contributed by atoms with van der Waals surface area (Å²) in [4.78, 5) is 8.95. The maximum atomic E-state index is 5.85. The first-order valence-corrected chi connectivity index (χ1v) is 6.72. The van der Waals surface area contributed by atoms with Crippen LogP contribution in [0.4, 0.5) is 0 Å². The van der Waals surface area contributed by atoms with Crippen molar-refractivity contribution in [3.8, 4) is 0 Å². The molecule has 1 heterocycles. The summed E-state index contributed by atoms with van der Waals surface area (Å²) in [7, 11) is 3.87. The summed E-state index contributed by atoms with van der Waals surface area (Å²) in [6, 6.07) is 0.566. The first-order valence-electron chi connectivity index (χ1n) is 6.72. The molecule has 2 N–H and O–H groups in total. The summed E-state index contributed by atoms with van der Waals surface area (Å²) in [5, 5.41) is 0. The van der Waals surface area contributed by atoms with E-state index in [1.165, 1.54) is 32.4 Å². The second kappa shape index (κ2) is 6.84. The Morgan fingerprint density at radius 3 is 2.35 bits per heavy atom. The maximum absolute atomic E-state index is 5.85. The van der Waals surface area contributed by atoms with Gasteiger partial charge in [-0.15, -0.1) is 0 Å². The Hall–Kier alpha value is -0.770. The third kappa shape index (κ3) is 4.94. The minimum absolute atomic E-state index is 0.566. The molecule has 0 bridgehead atoms. The van der Waals surface area contributed by atoms with Crippen molar-refractivity contribution in [3.05, 3.63) is 0 Å². The number of likely N-dealkylation sites (tertiary alicyclic amines) is 1. The van der Waals surface area contributed by atoms with Crippen LogP contribution in [0.25, 0.3) is 0 Å². The molecule has 4 nitrogen and oxygen atoms in total. The zero-order valence-corrected chi connectivity index (χ0v) is 11.8. The Bertz CT molecular complexity index is 242. The largest absolute Gasteiger partial charge is 0.370 e. The van der Waals surface area contributed by atoms with E-state index in [4.69, 9.17) is 5.73 Å². The molecule has 0 aliphatic carbocycles. The van der Waals surface area contributed by atoms with Crippen molar-refractivity contribution in [1.82, 2.24) is 9.80 Å². The van der Waals surface area contributed by atoms with Gasteiger partial charge in [-0.25, -0.2) is 0 Å². The van der Waals surface area contributed by atoms with Crippen LogP contribution in [0.2, 0.25) is 0 Å². The van der Waals surface area contributed by atoms with Crippen LogP contribution in [0.1, 0.15) is 33.1 Å². The SMILES string of the molecule is CC(C)CC(CN=C(N)N(C)C)N1CCCC1. The minimum atomic E-state index is 0.566. The van der Waals surface area contributed by atoms with Crippen molar-refractivity contribution in [3.63, 3.8) is 0 Å². The molecule has 0 spiro atoms. The summed E-state index contributed by atoms with van der Waals surface area (Å²) in [5.41, 5.74) is 5.85. The Kier molecular flexibility index (Phi) is 5.75. The highest BCUT2D eigenvalue weighted by molar-refractivity contribution is 5.77. The van der Waals surface area contributed by atoms with Gasteiger partial charge in [0.25, 0.3) is 0 Å². The first kappa shape index (κ1) is 14.3. The normalized spacial score (nSPS) is 19.9. The fraction of sp³-hybridized carbons (Fsp3) is 0.923. The van der Waals surface area contributed by atoms with Gasteiger partial charge >= 0.3 is 0 Å². The summed E-state index contributed by atoms with van der Waals surface area (Å²) < 4.78 is 0. The molecule has 1 rings (SSSR count). The summed E-state index contributed by atoms with van der Waals surface area (Å²) in [6.07, 6.45) is 3.88. The van der Waals surface area contributed by atoms with Crippen molar-refractivity contribution < 1.29 is 0 Å². The highest BCUT2D eigenvalue weighted by Crippen LogP contribution is 2.18. The lowest BCUT2D eigenvalue weighted by Gasteiger charge is -2.28. The molecule has 0 aromatic carbocycles. The summed E-state index contributed by atoms with van der Waals surface area (Å²) >= 11 is 0. The van der Waals surface area contributed by atoms with Gasteiger partial charge < -0.3 is 10.6 Å². The van der Waals surface area contributed by atoms with E-state index in [-0.39, 0.29) is 0 Å². The average Bonchev–Trinajstić information content (AvgIpc) is 2.76. The van der Waals surface area contributed by atoms with Gasteiger partial charge in [-0.2, -0.15) is 0 Å². The van der Waals surface area contributed by atoms with E-state index in [1.54, 1.807) is 0 Å². The quantitative estimate of drug-likeness (QED) is 0.583. The molecular formula is C13H28N4. The van der Waals surface area contributed by atoms with Crippen LogP contribution < -0.4 is 5.73 Å². The lowest BCUT2D eigenvalue weighted by Crippen LogP contribution is -2.38. The number of guanidine groups is 1. The predicted molar refractivity (Wildman–Crippen MR) is 74.2 cm³/mol. The zero-order chi connectivity index (χ0) is 12.8. The topological polar surface area (TPSA) is 44.9 Å². The smallest absolute Gasteiger partial charge is 0.190 e. The third-order valence-corrected chi connectivity index (χ3v) is 3.32. The molecule has 0 aromatic heterocycles. The molecule has 1 atom stereocenters. The first-order chi connectivity index (χ1) is 8.00. The Labute approximate surface area is 106 Å². The minimum Gasteiger partial charge on any atom is -0.370 e. The van der Waals surface area contributed by atoms with Crippen molar-refractivity contribution in [2.24, 2.45) is 16.6 Å². The van der Waals surface area contributed by atoms with Crippen molar-refractivity contribution in [2.45, 2.75) is 39.2 Å². The van der Waals surface area contributed by atoms with Crippen LogP contribution in [0, 0.1) is 5.92 Å². The van der Waals surface area contributed by atoms with Crippen LogP contribution in [-0.2, 0) is 0 Å². The van der Waals surface area contributed by atoms with Crippen LogP contribution in [0.3, 0.4) is 0 Å². The number of aliphatic imine (C=N–C) groups is 1. The lowest BCUT2D eigenvalue weighted by molar-refractivity contribution is 0.218. The molecule has 1 aliphatic rings. The van der Waals surface area contributed by atoms with Crippen molar-refractivity contribution in [2.75, 3.05) is 33.7 Å². The van der Waals surface area contributed by atoms with Gasteiger partial charge in [-0.05, 0) is 38.3 Å². The molecular weight excluding hydrogens is 212 g/mol. The van der Waals surface area contributed by atoms with Gasteiger partial charge in [0.2, 0.25) is 0 Å². The van der Waals surface area contributed by atoms with E-state index in [0.717, 1.165) is 12.5 Å². The van der Waals surface area contributed by atoms with Crippen LogP contribution in [0.5, 0.6) is 0 Å². The molecule has 100 valence electrons. The van der Waals surface area contributed by atoms with Crippen LogP contribution >= 0.6 is 0 Å². The Morgan fingerprint density at radius 2 is 1.88 bits per heavy atom. The lowest BCUT2D eigenvalue weighted by atomic mass is 10.0. The number of rotatable bonds is 5. The predicted octanol–water partition coefficient (Wildman–Crippen LogP) is 1.37. The summed E-state index contributed by atoms with van der Waals surface area (Å²) in [5.74, 6) is 1.36. The van der Waals surface area contributed by atoms with E-state index in [0.29, 0.717) is 12.0 Å². The molecule has 1 unspecified atom stereocenters. The molecule has 0 amide bonds. The van der Waals surface area contributed by atoms with Gasteiger partial charge in [0.15, 0.2) is 5.96 Å². The van der Waals surface area contributed by atoms with E-state index in [1.807, 2.05) is 19.0 Å². The molecule has 0 aromatic rings. The number of nitrogens with two attached hydrogens (primary N) is 1. The Morgan fingerprint density at radius 1 is 1.29 bits per heavy atom. The number of hydrogen-bond donors (Lipinski definition) is 1. The zero-order valence-electron chi connectivity index (χ0n) is 11.8. The highest BCUT2D eigenvalue weighted by atomic mass is 15.2. The van der Waals surface area contributed by atoms with Gasteiger partial charge in [0, 0.05) is 20.1 Å². The second-order valence-electron chi connectivity index (χ2n) is 5.62. The number of nitrogens with zero attached hydrogens (tertiary/aromatic N) is 3. The van der Waals surface area contributed by atoms with E-state index < -0.39 is 0 Å². The Balaban J connectivity index is 2.53. The molecule has 1 fully saturated rings. The van der Waals surface area contributed by atoms with E-state index >= 15 is 0 Å². The van der Waals surface area contributed by atoms with Gasteiger partial charge in [-0.3, -0.25) is 9.89 Å². The standard InChI is InChI=1S/C13H28N4/c1-11(2)9-12(17-7-5-6-8-17)10-15-13(14)16(3)4/h11-12H,5-10H2,1-4H3,(H2,14,15). The maximum Gasteiger partial charge on any atom is 0.190 e. The number of hydrogen-bond acceptors (Lipinski definition) is 2. The molecule has 17 heavy (non-hydrogen) atoms. The van der Waals surface area contributed by atoms with E-state index in [9.17, 15) is 0 Å². The van der Waals surface area contributed by atoms with Crippen molar-refractivity contribution in [1.29, 1.82) is 0 Å². The second-order valence-corrected chi connectivity index (χ2v) is 5.62. The van der Waals surface area contributed by atoms with Crippen molar-refractivity contribution >= 4 is 5.96 Å². The fourth-order valence-corrected chi connectivity index (χ4v) is 2.33. The van der Waals surface area contributed by atoms with E-state index in [2.05, 4.69) is 23.7 Å². The highest BCUT2D eigenvalue weighted by Gasteiger charge is 2.22. The van der Waals surface area contributed by atoms with Gasteiger partial charge in [0.05, 0.1) is 6.54 Å². The molecule has 0 radical (unpaired) electrons. The van der Waals surface area contributed by atoms with Crippen LogP contribution in [0.15, 0.2) is 4.99 Å². The average molecular weight is 240 g/mol. The monoisotopic (exact) mass is 240 g/mol. The van der Waals surface area contributed by atoms with Gasteiger partial charge in [-0.1, -0.05) is 13.8 Å². The third-order valence-electron chi connectivity index (χ3n) is 3.32. The molecule has 4 heteroatoms. The summed E-state index contributed by atoms with van der Waals surface area (Å²) in [6.45, 7) is 7.86. The molecule has 0 saturated carbocycles.